The third kappa shape index (κ3) is 4.29. The second kappa shape index (κ2) is 5.09. The molecule has 0 bridgehead atoms. The number of ketones is 1. The molecule has 0 amide bonds. The van der Waals surface area contributed by atoms with Crippen molar-refractivity contribution < 1.29 is 9.90 Å². The Hall–Kier alpha value is -0.630. The lowest BCUT2D eigenvalue weighted by molar-refractivity contribution is -0.123. The van der Waals surface area contributed by atoms with Gasteiger partial charge in [-0.3, -0.25) is 4.79 Å². The van der Waals surface area contributed by atoms with Crippen LogP contribution in [-0.4, -0.2) is 17.0 Å². The van der Waals surface area contributed by atoms with E-state index in [1.807, 2.05) is 19.9 Å². The zero-order chi connectivity index (χ0) is 9.72. The van der Waals surface area contributed by atoms with Crippen molar-refractivity contribution in [2.45, 2.75) is 40.2 Å². The molecule has 0 saturated heterocycles. The van der Waals surface area contributed by atoms with Crippen molar-refractivity contribution in [3.05, 3.63) is 11.6 Å². The zero-order valence-corrected chi connectivity index (χ0v) is 8.29. The number of rotatable bonds is 4. The summed E-state index contributed by atoms with van der Waals surface area (Å²) in [4.78, 5) is 11.0. The van der Waals surface area contributed by atoms with Crippen LogP contribution in [0.1, 0.15) is 34.1 Å². The number of carbonyl (C=O) groups is 1. The van der Waals surface area contributed by atoms with Crippen LogP contribution in [0.5, 0.6) is 0 Å². The molecular weight excluding hydrogens is 152 g/mol. The van der Waals surface area contributed by atoms with Crippen LogP contribution in [0.15, 0.2) is 11.6 Å². The molecule has 0 fully saturated rings. The van der Waals surface area contributed by atoms with Crippen LogP contribution in [-0.2, 0) is 4.79 Å². The monoisotopic (exact) mass is 170 g/mol. The van der Waals surface area contributed by atoms with Gasteiger partial charge < -0.3 is 5.11 Å². The molecule has 0 unspecified atom stereocenters. The minimum absolute atomic E-state index is 0.0579. The highest BCUT2D eigenvalue weighted by Crippen LogP contribution is 2.12. The Morgan fingerprint density at radius 2 is 1.92 bits per heavy atom. The van der Waals surface area contributed by atoms with Gasteiger partial charge in [-0.1, -0.05) is 11.6 Å². The van der Waals surface area contributed by atoms with Crippen molar-refractivity contribution in [1.29, 1.82) is 0 Å². The summed E-state index contributed by atoms with van der Waals surface area (Å²) in [6.45, 7) is 7.15. The first-order chi connectivity index (χ1) is 5.45. The molecule has 2 nitrogen and oxygen atoms in total. The molecule has 0 heterocycles. The Morgan fingerprint density at radius 1 is 1.42 bits per heavy atom. The van der Waals surface area contributed by atoms with Gasteiger partial charge in [0, 0.05) is 5.92 Å². The molecular formula is C10H18O2. The molecule has 0 spiro atoms. The molecule has 0 aromatic rings. The van der Waals surface area contributed by atoms with Crippen molar-refractivity contribution in [2.75, 3.05) is 0 Å². The Labute approximate surface area is 74.3 Å². The van der Waals surface area contributed by atoms with E-state index in [0.717, 1.165) is 0 Å². The van der Waals surface area contributed by atoms with E-state index in [0.29, 0.717) is 6.42 Å². The fourth-order valence-corrected chi connectivity index (χ4v) is 1.07. The molecule has 2 heteroatoms. The Bertz CT molecular complexity index is 176. The molecule has 0 aliphatic carbocycles. The summed E-state index contributed by atoms with van der Waals surface area (Å²) < 4.78 is 0. The van der Waals surface area contributed by atoms with Crippen LogP contribution in [0, 0.1) is 5.92 Å². The van der Waals surface area contributed by atoms with Gasteiger partial charge in [-0.15, -0.1) is 0 Å². The Morgan fingerprint density at radius 3 is 2.17 bits per heavy atom. The predicted octanol–water partition coefficient (Wildman–Crippen LogP) is 1.93. The van der Waals surface area contributed by atoms with Gasteiger partial charge >= 0.3 is 0 Å². The smallest absolute Gasteiger partial charge is 0.135 e. The maximum Gasteiger partial charge on any atom is 0.135 e. The van der Waals surface area contributed by atoms with Crippen LogP contribution >= 0.6 is 0 Å². The van der Waals surface area contributed by atoms with Gasteiger partial charge in [0.1, 0.15) is 5.78 Å². The Kier molecular flexibility index (Phi) is 4.83. The largest absolute Gasteiger partial charge is 0.393 e. The van der Waals surface area contributed by atoms with Gasteiger partial charge in [-0.2, -0.15) is 0 Å². The summed E-state index contributed by atoms with van der Waals surface area (Å²) in [5.41, 5.74) is 1.18. The first kappa shape index (κ1) is 11.4. The Balaban J connectivity index is 4.15. The van der Waals surface area contributed by atoms with Gasteiger partial charge in [-0.25, -0.2) is 0 Å². The maximum absolute atomic E-state index is 11.0. The maximum atomic E-state index is 11.0. The SMILES string of the molecule is CC(=O)[C@H](CC=C(C)C)[C@H](C)O. The van der Waals surface area contributed by atoms with Crippen LogP contribution in [0.2, 0.25) is 0 Å². The number of aliphatic hydroxyl groups is 1. The molecule has 0 aromatic heterocycles. The van der Waals surface area contributed by atoms with Gasteiger partial charge in [0.25, 0.3) is 0 Å². The van der Waals surface area contributed by atoms with E-state index in [1.165, 1.54) is 12.5 Å². The number of hydrogen-bond donors (Lipinski definition) is 1. The molecule has 0 aliphatic heterocycles. The van der Waals surface area contributed by atoms with Gasteiger partial charge in [0.2, 0.25) is 0 Å². The quantitative estimate of drug-likeness (QED) is 0.654. The standard InChI is InChI=1S/C10H18O2/c1-7(2)5-6-10(8(3)11)9(4)12/h5,8,10-11H,6H2,1-4H3/t8-,10+/m0/s1. The first-order valence-corrected chi connectivity index (χ1v) is 4.27. The van der Waals surface area contributed by atoms with Crippen molar-refractivity contribution in [2.24, 2.45) is 5.92 Å². The number of allylic oxidation sites excluding steroid dienone is 2. The average molecular weight is 170 g/mol. The molecule has 70 valence electrons. The summed E-state index contributed by atoms with van der Waals surface area (Å²) >= 11 is 0. The zero-order valence-electron chi connectivity index (χ0n) is 8.29. The van der Waals surface area contributed by atoms with Crippen LogP contribution in [0.4, 0.5) is 0 Å². The molecule has 0 radical (unpaired) electrons. The van der Waals surface area contributed by atoms with E-state index < -0.39 is 6.10 Å². The van der Waals surface area contributed by atoms with Crippen LogP contribution < -0.4 is 0 Å². The lowest BCUT2D eigenvalue weighted by atomic mass is 9.95. The second-order valence-corrected chi connectivity index (χ2v) is 3.47. The van der Waals surface area contributed by atoms with Crippen LogP contribution in [0.25, 0.3) is 0 Å². The lowest BCUT2D eigenvalue weighted by Gasteiger charge is -2.14. The van der Waals surface area contributed by atoms with Crippen molar-refractivity contribution in [3.8, 4) is 0 Å². The van der Waals surface area contributed by atoms with Gasteiger partial charge in [0.15, 0.2) is 0 Å². The first-order valence-electron chi connectivity index (χ1n) is 4.27. The molecule has 0 saturated carbocycles. The number of hydrogen-bond acceptors (Lipinski definition) is 2. The second-order valence-electron chi connectivity index (χ2n) is 3.47. The molecule has 0 aromatic carbocycles. The highest BCUT2D eigenvalue weighted by atomic mass is 16.3. The summed E-state index contributed by atoms with van der Waals surface area (Å²) in [6, 6.07) is 0. The van der Waals surface area contributed by atoms with E-state index in [2.05, 4.69) is 0 Å². The van der Waals surface area contributed by atoms with Crippen molar-refractivity contribution >= 4 is 5.78 Å². The molecule has 0 rings (SSSR count). The number of Topliss-reactive ketones (excluding diaryl/α,β-unsaturated/α-hetero) is 1. The fraction of sp³-hybridized carbons (Fsp3) is 0.700. The topological polar surface area (TPSA) is 37.3 Å². The van der Waals surface area contributed by atoms with E-state index in [4.69, 9.17) is 0 Å². The van der Waals surface area contributed by atoms with E-state index in [1.54, 1.807) is 6.92 Å². The molecule has 12 heavy (non-hydrogen) atoms. The van der Waals surface area contributed by atoms with Crippen molar-refractivity contribution in [3.63, 3.8) is 0 Å². The summed E-state index contributed by atoms with van der Waals surface area (Å²) in [5.74, 6) is -0.178. The van der Waals surface area contributed by atoms with E-state index in [9.17, 15) is 9.90 Å². The average Bonchev–Trinajstić information content (AvgIpc) is 1.84. The normalized spacial score (nSPS) is 15.1. The van der Waals surface area contributed by atoms with E-state index in [-0.39, 0.29) is 11.7 Å². The fourth-order valence-electron chi connectivity index (χ4n) is 1.07. The minimum atomic E-state index is -0.543. The predicted molar refractivity (Wildman–Crippen MR) is 49.9 cm³/mol. The van der Waals surface area contributed by atoms with E-state index >= 15 is 0 Å². The highest BCUT2D eigenvalue weighted by molar-refractivity contribution is 5.78. The molecule has 0 aliphatic rings. The third-order valence-corrected chi connectivity index (χ3v) is 1.88. The summed E-state index contributed by atoms with van der Waals surface area (Å²) in [6.07, 6.45) is 2.09. The van der Waals surface area contributed by atoms with Gasteiger partial charge in [0.05, 0.1) is 6.10 Å². The number of carbonyl (C=O) groups excluding carboxylic acids is 1. The minimum Gasteiger partial charge on any atom is -0.393 e. The third-order valence-electron chi connectivity index (χ3n) is 1.88. The van der Waals surface area contributed by atoms with Crippen LogP contribution in [0.3, 0.4) is 0 Å². The van der Waals surface area contributed by atoms with Gasteiger partial charge in [-0.05, 0) is 34.1 Å². The van der Waals surface area contributed by atoms with Crippen molar-refractivity contribution in [1.82, 2.24) is 0 Å². The lowest BCUT2D eigenvalue weighted by Crippen LogP contribution is -2.23. The molecule has 1 N–H and O–H groups in total. The molecule has 2 atom stereocenters. The number of aliphatic hydroxyl groups excluding tert-OH is 1. The highest BCUT2D eigenvalue weighted by Gasteiger charge is 2.17. The summed E-state index contributed by atoms with van der Waals surface area (Å²) in [5, 5.41) is 9.25. The summed E-state index contributed by atoms with van der Waals surface area (Å²) in [7, 11) is 0.